The fourth-order valence-electron chi connectivity index (χ4n) is 4.37. The highest BCUT2D eigenvalue weighted by Gasteiger charge is 2.35. The number of carbonyl (C=O) groups is 3. The number of benzene rings is 2. The van der Waals surface area contributed by atoms with E-state index in [1.165, 1.54) is 5.56 Å². The van der Waals surface area contributed by atoms with E-state index in [9.17, 15) is 14.4 Å². The highest BCUT2D eigenvalue weighted by atomic mass is 79.9. The summed E-state index contributed by atoms with van der Waals surface area (Å²) in [7, 11) is 0. The van der Waals surface area contributed by atoms with Crippen LogP contribution in [0.15, 0.2) is 59.1 Å². The van der Waals surface area contributed by atoms with E-state index in [0.717, 1.165) is 37.2 Å². The molecule has 34 heavy (non-hydrogen) atoms. The van der Waals surface area contributed by atoms with Gasteiger partial charge in [0.2, 0.25) is 17.7 Å². The molecule has 4 rings (SSSR count). The minimum atomic E-state index is -0.795. The Balaban J connectivity index is 1.29. The van der Waals surface area contributed by atoms with Crippen molar-refractivity contribution in [2.45, 2.75) is 19.0 Å². The predicted octanol–water partition coefficient (Wildman–Crippen LogP) is 1.92. The van der Waals surface area contributed by atoms with E-state index in [4.69, 9.17) is 0 Å². The van der Waals surface area contributed by atoms with Crippen molar-refractivity contribution in [1.29, 1.82) is 0 Å². The number of rotatable bonds is 7. The van der Waals surface area contributed by atoms with Crippen molar-refractivity contribution in [2.24, 2.45) is 0 Å². The van der Waals surface area contributed by atoms with Gasteiger partial charge in [0.15, 0.2) is 0 Å². The standard InChI is InChI=1S/C25H30BrN5O3/c26-20-6-8-21(9-7-20)28-23(32)16-22-25(34)27-10-11-31(22)24(33)18-30-14-12-29(13-15-30)17-19-4-2-1-3-5-19/h1-9,22H,10-18H2,(H,27,34)(H,28,32)/t22-/m1/s1. The van der Waals surface area contributed by atoms with E-state index in [-0.39, 0.29) is 30.7 Å². The lowest BCUT2D eigenvalue weighted by molar-refractivity contribution is -0.145. The van der Waals surface area contributed by atoms with Crippen molar-refractivity contribution in [2.75, 3.05) is 51.1 Å². The van der Waals surface area contributed by atoms with Gasteiger partial charge in [0.1, 0.15) is 6.04 Å². The van der Waals surface area contributed by atoms with Gasteiger partial charge in [0, 0.05) is 56.0 Å². The average molecular weight is 528 g/mol. The van der Waals surface area contributed by atoms with E-state index >= 15 is 0 Å². The molecule has 8 nitrogen and oxygen atoms in total. The second-order valence-electron chi connectivity index (χ2n) is 8.69. The molecule has 2 N–H and O–H groups in total. The first-order valence-electron chi connectivity index (χ1n) is 11.6. The van der Waals surface area contributed by atoms with E-state index in [1.807, 2.05) is 18.2 Å². The zero-order chi connectivity index (χ0) is 23.9. The molecule has 0 unspecified atom stereocenters. The highest BCUT2D eigenvalue weighted by Crippen LogP contribution is 2.16. The maximum Gasteiger partial charge on any atom is 0.243 e. The van der Waals surface area contributed by atoms with Gasteiger partial charge < -0.3 is 15.5 Å². The largest absolute Gasteiger partial charge is 0.353 e. The lowest BCUT2D eigenvalue weighted by Crippen LogP contribution is -2.60. The summed E-state index contributed by atoms with van der Waals surface area (Å²) in [4.78, 5) is 44.4. The predicted molar refractivity (Wildman–Crippen MR) is 134 cm³/mol. The van der Waals surface area contributed by atoms with Crippen molar-refractivity contribution in [1.82, 2.24) is 20.0 Å². The van der Waals surface area contributed by atoms with Crippen molar-refractivity contribution >= 4 is 39.3 Å². The Kier molecular flexibility index (Phi) is 8.31. The Bertz CT molecular complexity index is 993. The first kappa shape index (κ1) is 24.4. The summed E-state index contributed by atoms with van der Waals surface area (Å²) in [6.45, 7) is 5.36. The third kappa shape index (κ3) is 6.65. The molecule has 0 saturated carbocycles. The van der Waals surface area contributed by atoms with Crippen LogP contribution in [0.2, 0.25) is 0 Å². The minimum absolute atomic E-state index is 0.0709. The van der Waals surface area contributed by atoms with Gasteiger partial charge in [-0.1, -0.05) is 46.3 Å². The molecule has 2 aromatic carbocycles. The lowest BCUT2D eigenvalue weighted by atomic mass is 10.1. The van der Waals surface area contributed by atoms with Crippen LogP contribution in [-0.2, 0) is 20.9 Å². The first-order chi connectivity index (χ1) is 16.5. The SMILES string of the molecule is O=C(C[C@@H]1C(=O)NCCN1C(=O)CN1CCN(Cc2ccccc2)CC1)Nc1ccc(Br)cc1. The Morgan fingerprint density at radius 2 is 1.62 bits per heavy atom. The molecular formula is C25H30BrN5O3. The van der Waals surface area contributed by atoms with Crippen LogP contribution >= 0.6 is 15.9 Å². The summed E-state index contributed by atoms with van der Waals surface area (Å²) in [5, 5.41) is 5.60. The molecule has 3 amide bonds. The van der Waals surface area contributed by atoms with E-state index in [1.54, 1.807) is 17.0 Å². The number of hydrogen-bond acceptors (Lipinski definition) is 5. The molecule has 0 spiro atoms. The van der Waals surface area contributed by atoms with Gasteiger partial charge in [0.25, 0.3) is 0 Å². The Morgan fingerprint density at radius 3 is 2.32 bits per heavy atom. The number of piperazine rings is 2. The van der Waals surface area contributed by atoms with Crippen molar-refractivity contribution in [3.63, 3.8) is 0 Å². The van der Waals surface area contributed by atoms with Gasteiger partial charge in [-0.15, -0.1) is 0 Å². The quantitative estimate of drug-likeness (QED) is 0.574. The normalized spacial score (nSPS) is 19.5. The van der Waals surface area contributed by atoms with Crippen LogP contribution in [0, 0.1) is 0 Å². The third-order valence-electron chi connectivity index (χ3n) is 6.23. The summed E-state index contributed by atoms with van der Waals surface area (Å²) in [5.41, 5.74) is 1.94. The van der Waals surface area contributed by atoms with E-state index < -0.39 is 6.04 Å². The molecule has 1 atom stereocenters. The zero-order valence-electron chi connectivity index (χ0n) is 19.1. The number of nitrogens with zero attached hydrogens (tertiary/aromatic N) is 3. The number of nitrogens with one attached hydrogen (secondary N) is 2. The third-order valence-corrected chi connectivity index (χ3v) is 6.76. The molecule has 2 aromatic rings. The summed E-state index contributed by atoms with van der Waals surface area (Å²) < 4.78 is 0.912. The molecule has 0 aromatic heterocycles. The molecule has 0 radical (unpaired) electrons. The molecule has 2 saturated heterocycles. The topological polar surface area (TPSA) is 85.0 Å². The van der Waals surface area contributed by atoms with Gasteiger partial charge in [-0.2, -0.15) is 0 Å². The molecule has 2 aliphatic heterocycles. The number of carbonyl (C=O) groups excluding carboxylic acids is 3. The highest BCUT2D eigenvalue weighted by molar-refractivity contribution is 9.10. The van der Waals surface area contributed by atoms with Crippen molar-refractivity contribution in [3.05, 3.63) is 64.6 Å². The molecular weight excluding hydrogens is 498 g/mol. The fourth-order valence-corrected chi connectivity index (χ4v) is 4.63. The van der Waals surface area contributed by atoms with Crippen LogP contribution in [0.3, 0.4) is 0 Å². The summed E-state index contributed by atoms with van der Waals surface area (Å²) in [6, 6.07) is 16.8. The second-order valence-corrected chi connectivity index (χ2v) is 9.61. The molecule has 0 aliphatic carbocycles. The maximum atomic E-state index is 13.1. The summed E-state index contributed by atoms with van der Waals surface area (Å²) in [6.07, 6.45) is -0.0709. The Morgan fingerprint density at radius 1 is 0.941 bits per heavy atom. The van der Waals surface area contributed by atoms with Crippen LogP contribution in [0.4, 0.5) is 5.69 Å². The smallest absolute Gasteiger partial charge is 0.243 e. The Hall–Kier alpha value is -2.75. The van der Waals surface area contributed by atoms with Crippen LogP contribution in [0.25, 0.3) is 0 Å². The molecule has 2 aliphatic rings. The van der Waals surface area contributed by atoms with Gasteiger partial charge in [0.05, 0.1) is 13.0 Å². The number of hydrogen-bond donors (Lipinski definition) is 2. The maximum absolute atomic E-state index is 13.1. The summed E-state index contributed by atoms with van der Waals surface area (Å²) >= 11 is 3.37. The number of halogens is 1. The number of amides is 3. The van der Waals surface area contributed by atoms with E-state index in [2.05, 4.69) is 60.6 Å². The van der Waals surface area contributed by atoms with Gasteiger partial charge in [-0.3, -0.25) is 24.2 Å². The molecule has 2 heterocycles. The monoisotopic (exact) mass is 527 g/mol. The molecule has 0 bridgehead atoms. The lowest BCUT2D eigenvalue weighted by Gasteiger charge is -2.38. The van der Waals surface area contributed by atoms with Crippen LogP contribution in [0.5, 0.6) is 0 Å². The van der Waals surface area contributed by atoms with Gasteiger partial charge in [-0.25, -0.2) is 0 Å². The fraction of sp³-hybridized carbons (Fsp3) is 0.400. The van der Waals surface area contributed by atoms with Crippen molar-refractivity contribution < 1.29 is 14.4 Å². The minimum Gasteiger partial charge on any atom is -0.353 e. The van der Waals surface area contributed by atoms with Gasteiger partial charge >= 0.3 is 0 Å². The number of anilines is 1. The Labute approximate surface area is 208 Å². The second kappa shape index (κ2) is 11.6. The molecule has 180 valence electrons. The molecule has 9 heteroatoms. The first-order valence-corrected chi connectivity index (χ1v) is 12.4. The zero-order valence-corrected chi connectivity index (χ0v) is 20.7. The van der Waals surface area contributed by atoms with Crippen LogP contribution < -0.4 is 10.6 Å². The molecule has 2 fully saturated rings. The summed E-state index contributed by atoms with van der Waals surface area (Å²) in [5.74, 6) is -0.678. The van der Waals surface area contributed by atoms with Crippen LogP contribution in [-0.4, -0.2) is 84.3 Å². The van der Waals surface area contributed by atoms with Crippen molar-refractivity contribution in [3.8, 4) is 0 Å². The average Bonchev–Trinajstić information content (AvgIpc) is 2.84. The van der Waals surface area contributed by atoms with E-state index in [0.29, 0.717) is 18.8 Å². The van der Waals surface area contributed by atoms with Crippen LogP contribution in [0.1, 0.15) is 12.0 Å². The van der Waals surface area contributed by atoms with Gasteiger partial charge in [-0.05, 0) is 29.8 Å².